The number of aryl methyl sites for hydroxylation is 1. The molecule has 1 atom stereocenters. The van der Waals surface area contributed by atoms with Crippen LogP contribution in [0.1, 0.15) is 35.9 Å². The second-order valence-electron chi connectivity index (χ2n) is 7.50. The van der Waals surface area contributed by atoms with Gasteiger partial charge in [-0.2, -0.15) is 0 Å². The van der Waals surface area contributed by atoms with Gasteiger partial charge < -0.3 is 24.4 Å². The zero-order chi connectivity index (χ0) is 23.4. The molecule has 0 bridgehead atoms. The Morgan fingerprint density at radius 3 is 2.70 bits per heavy atom. The largest absolute Gasteiger partial charge is 0.464 e. The molecule has 1 aliphatic rings. The summed E-state index contributed by atoms with van der Waals surface area (Å²) in [7, 11) is 1.90. The number of furan rings is 1. The Bertz CT molecular complexity index is 1180. The molecule has 4 rings (SSSR count). The van der Waals surface area contributed by atoms with Crippen LogP contribution in [-0.2, 0) is 23.0 Å². The monoisotopic (exact) mass is 467 g/mol. The normalized spacial score (nSPS) is 15.8. The summed E-state index contributed by atoms with van der Waals surface area (Å²) in [5, 5.41) is 14.8. The van der Waals surface area contributed by atoms with Gasteiger partial charge in [0.25, 0.3) is 0 Å². The Hall–Kier alpha value is -3.53. The Balaban J connectivity index is 1.59. The second kappa shape index (κ2) is 9.95. The number of thioether (sulfide) groups is 1. The van der Waals surface area contributed by atoms with E-state index in [1.165, 1.54) is 11.8 Å². The van der Waals surface area contributed by atoms with Crippen LogP contribution in [-0.4, -0.2) is 39.1 Å². The van der Waals surface area contributed by atoms with E-state index in [1.807, 2.05) is 41.9 Å². The van der Waals surface area contributed by atoms with Crippen LogP contribution in [0, 0.1) is 6.92 Å². The molecule has 0 saturated carbocycles. The van der Waals surface area contributed by atoms with Crippen molar-refractivity contribution in [1.29, 1.82) is 0 Å². The molecule has 9 nitrogen and oxygen atoms in total. The van der Waals surface area contributed by atoms with Crippen molar-refractivity contribution in [2.75, 3.05) is 12.4 Å². The Morgan fingerprint density at radius 1 is 1.21 bits per heavy atom. The molecule has 0 spiro atoms. The van der Waals surface area contributed by atoms with Crippen LogP contribution in [0.15, 0.2) is 63.3 Å². The summed E-state index contributed by atoms with van der Waals surface area (Å²) in [6.07, 6.45) is 0.655. The number of urea groups is 1. The number of amides is 2. The molecule has 2 N–H and O–H groups in total. The number of rotatable bonds is 8. The van der Waals surface area contributed by atoms with E-state index in [4.69, 9.17) is 9.15 Å². The number of ether oxygens (including phenoxy) is 1. The first-order chi connectivity index (χ1) is 16.0. The molecule has 2 amide bonds. The van der Waals surface area contributed by atoms with Crippen LogP contribution in [0.4, 0.5) is 4.79 Å². The van der Waals surface area contributed by atoms with Crippen molar-refractivity contribution in [3.63, 3.8) is 0 Å². The quantitative estimate of drug-likeness (QED) is 0.386. The van der Waals surface area contributed by atoms with E-state index < -0.39 is 18.0 Å². The van der Waals surface area contributed by atoms with Crippen molar-refractivity contribution >= 4 is 23.8 Å². The Kier molecular flexibility index (Phi) is 6.83. The van der Waals surface area contributed by atoms with Gasteiger partial charge in [-0.05, 0) is 31.5 Å². The van der Waals surface area contributed by atoms with Crippen molar-refractivity contribution in [3.8, 4) is 0 Å². The molecule has 2 aromatic heterocycles. The number of hydrogen-bond acceptors (Lipinski definition) is 7. The molecule has 3 aromatic rings. The second-order valence-corrected chi connectivity index (χ2v) is 8.44. The molecule has 0 radical (unpaired) electrons. The summed E-state index contributed by atoms with van der Waals surface area (Å²) < 4.78 is 12.9. The minimum absolute atomic E-state index is 0.215. The standard InChI is InChI=1S/C23H25N5O4S/c1-4-31-21(29)19-16(24-22(30)25-20(19)17-11-10-14(2)32-17)13-33-23-27-26-18(28(23)3)12-15-8-6-5-7-9-15/h5-11,20H,4,12-13H2,1-3H3,(H2,24,25,30)/t20-/m0/s1. The van der Waals surface area contributed by atoms with Gasteiger partial charge in [-0.15, -0.1) is 10.2 Å². The highest BCUT2D eigenvalue weighted by molar-refractivity contribution is 7.99. The maximum absolute atomic E-state index is 12.8. The zero-order valence-corrected chi connectivity index (χ0v) is 19.4. The van der Waals surface area contributed by atoms with E-state index in [1.54, 1.807) is 26.0 Å². The maximum atomic E-state index is 12.8. The Morgan fingerprint density at radius 2 is 2.00 bits per heavy atom. The first-order valence-corrected chi connectivity index (χ1v) is 11.5. The van der Waals surface area contributed by atoms with E-state index in [-0.39, 0.29) is 6.61 Å². The zero-order valence-electron chi connectivity index (χ0n) is 18.6. The van der Waals surface area contributed by atoms with E-state index in [2.05, 4.69) is 20.8 Å². The van der Waals surface area contributed by atoms with Crippen molar-refractivity contribution in [2.45, 2.75) is 31.5 Å². The van der Waals surface area contributed by atoms with E-state index in [0.29, 0.717) is 40.1 Å². The van der Waals surface area contributed by atoms with Gasteiger partial charge in [-0.1, -0.05) is 42.1 Å². The predicted molar refractivity (Wildman–Crippen MR) is 122 cm³/mol. The van der Waals surface area contributed by atoms with Crippen LogP contribution >= 0.6 is 11.8 Å². The number of benzene rings is 1. The number of carbonyl (C=O) groups is 2. The topological polar surface area (TPSA) is 111 Å². The molecule has 3 heterocycles. The fraction of sp³-hybridized carbons (Fsp3) is 0.304. The van der Waals surface area contributed by atoms with Crippen LogP contribution in [0.5, 0.6) is 0 Å². The predicted octanol–water partition coefficient (Wildman–Crippen LogP) is 3.27. The van der Waals surface area contributed by atoms with Gasteiger partial charge in [0.05, 0.1) is 12.2 Å². The SMILES string of the molecule is CCOC(=O)C1=C(CSc2nnc(Cc3ccccc3)n2C)NC(=O)N[C@H]1c1ccc(C)o1. The molecule has 0 saturated heterocycles. The average molecular weight is 468 g/mol. The van der Waals surface area contributed by atoms with Gasteiger partial charge in [0.15, 0.2) is 5.16 Å². The summed E-state index contributed by atoms with van der Waals surface area (Å²) in [5.74, 6) is 1.76. The smallest absolute Gasteiger partial charge is 0.338 e. The van der Waals surface area contributed by atoms with Crippen LogP contribution in [0.2, 0.25) is 0 Å². The third-order valence-electron chi connectivity index (χ3n) is 5.17. The van der Waals surface area contributed by atoms with Crippen molar-refractivity contribution in [2.24, 2.45) is 7.05 Å². The highest BCUT2D eigenvalue weighted by Gasteiger charge is 2.35. The molecule has 0 aliphatic carbocycles. The summed E-state index contributed by atoms with van der Waals surface area (Å²) >= 11 is 1.38. The first kappa shape index (κ1) is 22.7. The van der Waals surface area contributed by atoms with Gasteiger partial charge in [0.1, 0.15) is 23.4 Å². The minimum Gasteiger partial charge on any atom is -0.464 e. The fourth-order valence-corrected chi connectivity index (χ4v) is 4.44. The lowest BCUT2D eigenvalue weighted by molar-refractivity contribution is -0.139. The summed E-state index contributed by atoms with van der Waals surface area (Å²) in [4.78, 5) is 25.2. The van der Waals surface area contributed by atoms with Crippen LogP contribution < -0.4 is 10.6 Å². The molecule has 1 aliphatic heterocycles. The third kappa shape index (κ3) is 5.11. The lowest BCUT2D eigenvalue weighted by Gasteiger charge is -2.27. The van der Waals surface area contributed by atoms with Crippen LogP contribution in [0.25, 0.3) is 0 Å². The van der Waals surface area contributed by atoms with E-state index >= 15 is 0 Å². The molecule has 1 aromatic carbocycles. The number of nitrogens with zero attached hydrogens (tertiary/aromatic N) is 3. The molecule has 172 valence electrons. The molecule has 0 fully saturated rings. The van der Waals surface area contributed by atoms with Gasteiger partial charge in [0, 0.05) is 24.9 Å². The number of esters is 1. The van der Waals surface area contributed by atoms with Crippen molar-refractivity contribution in [1.82, 2.24) is 25.4 Å². The first-order valence-electron chi connectivity index (χ1n) is 10.5. The molecular weight excluding hydrogens is 442 g/mol. The fourth-order valence-electron chi connectivity index (χ4n) is 3.54. The Labute approximate surface area is 195 Å². The number of aromatic nitrogens is 3. The van der Waals surface area contributed by atoms with E-state index in [9.17, 15) is 9.59 Å². The number of nitrogens with one attached hydrogen (secondary N) is 2. The van der Waals surface area contributed by atoms with Gasteiger partial charge >= 0.3 is 12.0 Å². The number of carbonyl (C=O) groups excluding carboxylic acids is 2. The highest BCUT2D eigenvalue weighted by Crippen LogP contribution is 2.31. The minimum atomic E-state index is -0.741. The van der Waals surface area contributed by atoms with E-state index in [0.717, 1.165) is 11.4 Å². The summed E-state index contributed by atoms with van der Waals surface area (Å²) in [6, 6.07) is 12.4. The van der Waals surface area contributed by atoms with Crippen molar-refractivity contribution in [3.05, 3.63) is 76.6 Å². The average Bonchev–Trinajstić information content (AvgIpc) is 3.38. The molecule has 10 heteroatoms. The summed E-state index contributed by atoms with van der Waals surface area (Å²) in [6.45, 7) is 3.76. The molecule has 0 unspecified atom stereocenters. The van der Waals surface area contributed by atoms with Crippen LogP contribution in [0.3, 0.4) is 0 Å². The lowest BCUT2D eigenvalue weighted by atomic mass is 10.0. The lowest BCUT2D eigenvalue weighted by Crippen LogP contribution is -2.46. The van der Waals surface area contributed by atoms with Gasteiger partial charge in [-0.3, -0.25) is 0 Å². The van der Waals surface area contributed by atoms with Gasteiger partial charge in [0.2, 0.25) is 0 Å². The molecule has 33 heavy (non-hydrogen) atoms. The highest BCUT2D eigenvalue weighted by atomic mass is 32.2. The maximum Gasteiger partial charge on any atom is 0.338 e. The van der Waals surface area contributed by atoms with Crippen molar-refractivity contribution < 1.29 is 18.7 Å². The molecular formula is C23H25N5O4S. The van der Waals surface area contributed by atoms with Gasteiger partial charge in [-0.25, -0.2) is 9.59 Å². The summed E-state index contributed by atoms with van der Waals surface area (Å²) in [5.41, 5.74) is 1.90. The number of hydrogen-bond donors (Lipinski definition) is 2. The third-order valence-corrected chi connectivity index (χ3v) is 6.22.